The summed E-state index contributed by atoms with van der Waals surface area (Å²) >= 11 is 4.94. The Hall–Kier alpha value is -1.63. The second-order valence-electron chi connectivity index (χ2n) is 6.91. The maximum atomic E-state index is 5.57. The van der Waals surface area contributed by atoms with E-state index in [1.54, 1.807) is 6.33 Å². The fourth-order valence-corrected chi connectivity index (χ4v) is 3.77. The average molecular weight is 349 g/mol. The van der Waals surface area contributed by atoms with Crippen LogP contribution >= 0.6 is 12.2 Å². The van der Waals surface area contributed by atoms with Crippen LogP contribution < -0.4 is 21.3 Å². The van der Waals surface area contributed by atoms with Crippen LogP contribution in [0.25, 0.3) is 0 Å². The maximum Gasteiger partial charge on any atom is 0.159 e. The number of hydrogen-bond acceptors (Lipinski definition) is 6. The van der Waals surface area contributed by atoms with Crippen LogP contribution in [0.15, 0.2) is 6.33 Å². The average Bonchev–Trinajstić information content (AvgIpc) is 3.21. The van der Waals surface area contributed by atoms with E-state index in [4.69, 9.17) is 18.0 Å². The van der Waals surface area contributed by atoms with Gasteiger partial charge in [0.1, 0.15) is 12.0 Å². The number of nitrogens with two attached hydrogens (primary N) is 1. The summed E-state index contributed by atoms with van der Waals surface area (Å²) in [6.45, 7) is 3.05. The lowest BCUT2D eigenvalue weighted by Gasteiger charge is -2.25. The normalized spacial score (nSPS) is 18.3. The molecule has 0 aromatic carbocycles. The molecule has 1 aromatic rings. The number of fused-ring (bicyclic) bond motifs is 1. The smallest absolute Gasteiger partial charge is 0.159 e. The van der Waals surface area contributed by atoms with Crippen LogP contribution in [0.1, 0.15) is 58.3 Å². The van der Waals surface area contributed by atoms with Crippen molar-refractivity contribution in [3.63, 3.8) is 0 Å². The Balaban J connectivity index is 1.60. The van der Waals surface area contributed by atoms with Crippen molar-refractivity contribution in [1.82, 2.24) is 9.97 Å². The Labute approximate surface area is 149 Å². The van der Waals surface area contributed by atoms with Crippen LogP contribution in [-0.4, -0.2) is 33.7 Å². The Morgan fingerprint density at radius 3 is 2.96 bits per heavy atom. The molecule has 0 bridgehead atoms. The van der Waals surface area contributed by atoms with Gasteiger partial charge >= 0.3 is 0 Å². The van der Waals surface area contributed by atoms with Crippen LogP contribution in [0.4, 0.5) is 17.3 Å². The molecule has 1 atom stereocenters. The third-order valence-corrected chi connectivity index (χ3v) is 5.25. The van der Waals surface area contributed by atoms with Crippen LogP contribution in [-0.2, 0) is 0 Å². The summed E-state index contributed by atoms with van der Waals surface area (Å²) in [4.78, 5) is 11.9. The SMILES string of the molecule is CC(CCCCC(N)=S)N1CNc2c(NC3CCCC3)ncnc21. The number of hydrogen-bond donors (Lipinski definition) is 3. The fourth-order valence-electron chi connectivity index (χ4n) is 3.63. The highest BCUT2D eigenvalue weighted by Gasteiger charge is 2.28. The lowest BCUT2D eigenvalue weighted by molar-refractivity contribution is 0.567. The number of anilines is 3. The number of aromatic nitrogens is 2. The lowest BCUT2D eigenvalue weighted by Crippen LogP contribution is -2.33. The molecule has 132 valence electrons. The summed E-state index contributed by atoms with van der Waals surface area (Å²) in [5.74, 6) is 1.97. The number of nitrogens with one attached hydrogen (secondary N) is 2. The predicted molar refractivity (Wildman–Crippen MR) is 104 cm³/mol. The lowest BCUT2D eigenvalue weighted by atomic mass is 10.1. The predicted octanol–water partition coefficient (Wildman–Crippen LogP) is 3.26. The summed E-state index contributed by atoms with van der Waals surface area (Å²) < 4.78 is 0. The van der Waals surface area contributed by atoms with Crippen molar-refractivity contribution in [3.05, 3.63) is 6.33 Å². The van der Waals surface area contributed by atoms with E-state index in [0.717, 1.165) is 49.7 Å². The summed E-state index contributed by atoms with van der Waals surface area (Å²) in [7, 11) is 0. The van der Waals surface area contributed by atoms with Crippen molar-refractivity contribution >= 4 is 34.5 Å². The van der Waals surface area contributed by atoms with Gasteiger partial charge in [-0.3, -0.25) is 0 Å². The highest BCUT2D eigenvalue weighted by molar-refractivity contribution is 7.80. The molecule has 2 aliphatic rings. The topological polar surface area (TPSA) is 79.1 Å². The molecule has 1 aliphatic carbocycles. The maximum absolute atomic E-state index is 5.57. The van der Waals surface area contributed by atoms with Crippen molar-refractivity contribution in [1.29, 1.82) is 0 Å². The van der Waals surface area contributed by atoms with Gasteiger partial charge in [0.05, 0.1) is 11.7 Å². The Morgan fingerprint density at radius 1 is 1.42 bits per heavy atom. The molecule has 1 unspecified atom stereocenters. The second kappa shape index (κ2) is 7.96. The zero-order valence-corrected chi connectivity index (χ0v) is 15.2. The minimum Gasteiger partial charge on any atom is -0.393 e. The van der Waals surface area contributed by atoms with Gasteiger partial charge in [0.2, 0.25) is 0 Å². The number of unbranched alkanes of at least 4 members (excludes halogenated alkanes) is 1. The standard InChI is InChI=1S/C17H28N6S/c1-12(6-2-5-9-14(18)24)23-11-21-15-16(19-10-20-17(15)23)22-13-7-3-4-8-13/h10,12-13,21H,2-9,11H2,1H3,(H2,18,24)(H,19,20,22). The highest BCUT2D eigenvalue weighted by atomic mass is 32.1. The molecule has 0 amide bonds. The molecule has 6 nitrogen and oxygen atoms in total. The minimum atomic E-state index is 0.430. The van der Waals surface area contributed by atoms with E-state index in [1.165, 1.54) is 25.7 Å². The van der Waals surface area contributed by atoms with Gasteiger partial charge in [0, 0.05) is 12.1 Å². The van der Waals surface area contributed by atoms with Gasteiger partial charge in [-0.1, -0.05) is 31.5 Å². The number of thiocarbonyl (C=S) groups is 1. The zero-order chi connectivity index (χ0) is 16.9. The van der Waals surface area contributed by atoms with E-state index in [9.17, 15) is 0 Å². The second-order valence-corrected chi connectivity index (χ2v) is 7.44. The Morgan fingerprint density at radius 2 is 2.21 bits per heavy atom. The fraction of sp³-hybridized carbons (Fsp3) is 0.706. The first-order chi connectivity index (χ1) is 11.6. The Kier molecular flexibility index (Phi) is 5.71. The summed E-state index contributed by atoms with van der Waals surface area (Å²) in [5.41, 5.74) is 6.62. The molecule has 24 heavy (non-hydrogen) atoms. The molecule has 0 saturated heterocycles. The van der Waals surface area contributed by atoms with Crippen LogP contribution in [0, 0.1) is 0 Å². The third kappa shape index (κ3) is 4.06. The molecule has 2 heterocycles. The quantitative estimate of drug-likeness (QED) is 0.491. The molecule has 1 aromatic heterocycles. The molecular formula is C17H28N6S. The molecule has 0 radical (unpaired) electrons. The van der Waals surface area contributed by atoms with E-state index < -0.39 is 0 Å². The zero-order valence-electron chi connectivity index (χ0n) is 14.4. The third-order valence-electron chi connectivity index (χ3n) is 5.05. The Bertz CT molecular complexity index is 572. The molecule has 3 rings (SSSR count). The largest absolute Gasteiger partial charge is 0.393 e. The molecule has 1 fully saturated rings. The van der Waals surface area contributed by atoms with Crippen LogP contribution in [0.2, 0.25) is 0 Å². The first kappa shape index (κ1) is 17.2. The van der Waals surface area contributed by atoms with Gasteiger partial charge < -0.3 is 21.3 Å². The van der Waals surface area contributed by atoms with Gasteiger partial charge in [-0.05, 0) is 39.0 Å². The molecule has 7 heteroatoms. The molecule has 4 N–H and O–H groups in total. The first-order valence-corrected chi connectivity index (χ1v) is 9.46. The summed E-state index contributed by atoms with van der Waals surface area (Å²) in [5, 5.41) is 7.08. The van der Waals surface area contributed by atoms with Gasteiger partial charge in [0.15, 0.2) is 11.6 Å². The highest BCUT2D eigenvalue weighted by Crippen LogP contribution is 2.37. The van der Waals surface area contributed by atoms with Crippen LogP contribution in [0.5, 0.6) is 0 Å². The van der Waals surface area contributed by atoms with Crippen molar-refractivity contribution < 1.29 is 0 Å². The van der Waals surface area contributed by atoms with Crippen molar-refractivity contribution in [2.45, 2.75) is 70.4 Å². The summed E-state index contributed by atoms with van der Waals surface area (Å²) in [6, 6.07) is 0.983. The minimum absolute atomic E-state index is 0.430. The molecule has 1 aliphatic heterocycles. The first-order valence-electron chi connectivity index (χ1n) is 9.05. The van der Waals surface area contributed by atoms with E-state index in [1.807, 2.05) is 0 Å². The van der Waals surface area contributed by atoms with Crippen molar-refractivity contribution in [2.75, 3.05) is 22.2 Å². The molecular weight excluding hydrogens is 320 g/mol. The number of nitrogens with zero attached hydrogens (tertiary/aromatic N) is 3. The molecule has 0 spiro atoms. The summed E-state index contributed by atoms with van der Waals surface area (Å²) in [6.07, 6.45) is 10.9. The van der Waals surface area contributed by atoms with Gasteiger partial charge in [-0.15, -0.1) is 0 Å². The van der Waals surface area contributed by atoms with E-state index in [-0.39, 0.29) is 0 Å². The van der Waals surface area contributed by atoms with Gasteiger partial charge in [0.25, 0.3) is 0 Å². The van der Waals surface area contributed by atoms with Crippen molar-refractivity contribution in [2.24, 2.45) is 5.73 Å². The van der Waals surface area contributed by atoms with Gasteiger partial charge in [-0.2, -0.15) is 0 Å². The van der Waals surface area contributed by atoms with Gasteiger partial charge in [-0.25, -0.2) is 9.97 Å². The van der Waals surface area contributed by atoms with Crippen LogP contribution in [0.3, 0.4) is 0 Å². The van der Waals surface area contributed by atoms with E-state index in [0.29, 0.717) is 17.1 Å². The molecule has 1 saturated carbocycles. The monoisotopic (exact) mass is 348 g/mol. The number of rotatable bonds is 8. The van der Waals surface area contributed by atoms with E-state index in [2.05, 4.69) is 32.4 Å². The van der Waals surface area contributed by atoms with E-state index >= 15 is 0 Å². The van der Waals surface area contributed by atoms with Crippen molar-refractivity contribution in [3.8, 4) is 0 Å².